The monoisotopic (exact) mass is 329 g/mol. The summed E-state index contributed by atoms with van der Waals surface area (Å²) in [5, 5.41) is 6.04. The lowest BCUT2D eigenvalue weighted by Gasteiger charge is -2.09. The van der Waals surface area contributed by atoms with Crippen molar-refractivity contribution < 1.29 is 19.0 Å². The molecule has 0 radical (unpaired) electrons. The lowest BCUT2D eigenvalue weighted by molar-refractivity contribution is 0.102. The molecule has 0 saturated heterocycles. The zero-order chi connectivity index (χ0) is 16.8. The fourth-order valence-corrected chi connectivity index (χ4v) is 2.29. The van der Waals surface area contributed by atoms with E-state index in [2.05, 4.69) is 15.6 Å². The minimum absolute atomic E-state index is 0.202. The van der Waals surface area contributed by atoms with Crippen molar-refractivity contribution in [1.29, 1.82) is 0 Å². The first-order valence-electron chi connectivity index (χ1n) is 7.65. The number of carbonyl (C=O) groups excluding carboxylic acids is 1. The Hall–Kier alpha value is -2.80. The van der Waals surface area contributed by atoms with Crippen LogP contribution in [0.15, 0.2) is 36.7 Å². The molecule has 0 bridgehead atoms. The first-order chi connectivity index (χ1) is 11.8. The van der Waals surface area contributed by atoms with E-state index in [0.717, 1.165) is 18.7 Å². The third-order valence-corrected chi connectivity index (χ3v) is 3.49. The van der Waals surface area contributed by atoms with Gasteiger partial charge in [0.05, 0.1) is 11.3 Å². The average molecular weight is 329 g/mol. The molecule has 7 nitrogen and oxygen atoms in total. The number of hydrogen-bond acceptors (Lipinski definition) is 6. The highest BCUT2D eigenvalue weighted by molar-refractivity contribution is 6.04. The van der Waals surface area contributed by atoms with E-state index < -0.39 is 0 Å². The van der Waals surface area contributed by atoms with Gasteiger partial charge in [-0.2, -0.15) is 0 Å². The minimum Gasteiger partial charge on any atom is -0.454 e. The van der Waals surface area contributed by atoms with Crippen LogP contribution in [0.1, 0.15) is 16.8 Å². The summed E-state index contributed by atoms with van der Waals surface area (Å²) in [6.07, 6.45) is 4.09. The lowest BCUT2D eigenvalue weighted by atomic mass is 10.2. The molecule has 3 rings (SSSR count). The maximum atomic E-state index is 12.4. The zero-order valence-corrected chi connectivity index (χ0v) is 13.4. The second kappa shape index (κ2) is 7.65. The number of pyridine rings is 1. The molecule has 126 valence electrons. The smallest absolute Gasteiger partial charge is 0.257 e. The predicted octanol–water partition coefficient (Wildman–Crippen LogP) is 2.51. The van der Waals surface area contributed by atoms with Gasteiger partial charge in [0.1, 0.15) is 0 Å². The van der Waals surface area contributed by atoms with Gasteiger partial charge in [0.2, 0.25) is 6.79 Å². The van der Waals surface area contributed by atoms with Crippen LogP contribution in [0.3, 0.4) is 0 Å². The highest BCUT2D eigenvalue weighted by Crippen LogP contribution is 2.34. The molecule has 7 heteroatoms. The molecule has 2 N–H and O–H groups in total. The molecule has 0 saturated carbocycles. The fourth-order valence-electron chi connectivity index (χ4n) is 2.29. The zero-order valence-electron chi connectivity index (χ0n) is 13.4. The number of methoxy groups -OCH3 is 1. The second-order valence-electron chi connectivity index (χ2n) is 5.26. The third kappa shape index (κ3) is 3.94. The molecular formula is C17H19N3O4. The van der Waals surface area contributed by atoms with E-state index in [9.17, 15) is 4.79 Å². The molecule has 1 amide bonds. The summed E-state index contributed by atoms with van der Waals surface area (Å²) < 4.78 is 15.6. The Morgan fingerprint density at radius 1 is 1.21 bits per heavy atom. The molecule has 2 aromatic rings. The van der Waals surface area contributed by atoms with Crippen LogP contribution in [-0.2, 0) is 4.74 Å². The molecular weight excluding hydrogens is 310 g/mol. The van der Waals surface area contributed by atoms with Gasteiger partial charge in [-0.05, 0) is 24.6 Å². The topological polar surface area (TPSA) is 81.7 Å². The van der Waals surface area contributed by atoms with E-state index >= 15 is 0 Å². The molecule has 24 heavy (non-hydrogen) atoms. The van der Waals surface area contributed by atoms with Crippen LogP contribution in [0.25, 0.3) is 0 Å². The number of fused-ring (bicyclic) bond motifs is 1. The van der Waals surface area contributed by atoms with E-state index in [1.165, 1.54) is 6.20 Å². The molecule has 0 spiro atoms. The minimum atomic E-state index is -0.234. The first kappa shape index (κ1) is 16.1. The number of ether oxygens (including phenoxy) is 3. The summed E-state index contributed by atoms with van der Waals surface area (Å²) in [7, 11) is 1.67. The lowest BCUT2D eigenvalue weighted by Crippen LogP contribution is -2.13. The number of aromatic nitrogens is 1. The number of carbonyl (C=O) groups is 1. The fraction of sp³-hybridized carbons (Fsp3) is 0.294. The van der Waals surface area contributed by atoms with E-state index in [1.807, 2.05) is 0 Å². The average Bonchev–Trinajstić information content (AvgIpc) is 3.07. The van der Waals surface area contributed by atoms with Crippen molar-refractivity contribution in [2.24, 2.45) is 0 Å². The van der Waals surface area contributed by atoms with Gasteiger partial charge in [-0.25, -0.2) is 0 Å². The van der Waals surface area contributed by atoms with E-state index in [-0.39, 0.29) is 12.7 Å². The molecule has 0 unspecified atom stereocenters. The standard InChI is InChI=1S/C17H19N3O4/c1-22-6-2-5-19-14-7-12(9-18-10-14)17(21)20-13-3-4-15-16(8-13)24-11-23-15/h3-4,7-10,19H,2,5-6,11H2,1H3,(H,20,21). The van der Waals surface area contributed by atoms with Crippen LogP contribution in [-0.4, -0.2) is 37.9 Å². The number of benzene rings is 1. The summed E-state index contributed by atoms with van der Waals surface area (Å²) in [4.78, 5) is 16.5. The quantitative estimate of drug-likeness (QED) is 0.760. The van der Waals surface area contributed by atoms with Crippen molar-refractivity contribution in [2.75, 3.05) is 37.7 Å². The van der Waals surface area contributed by atoms with Gasteiger partial charge in [0.15, 0.2) is 11.5 Å². The third-order valence-electron chi connectivity index (χ3n) is 3.49. The predicted molar refractivity (Wildman–Crippen MR) is 89.7 cm³/mol. The summed E-state index contributed by atoms with van der Waals surface area (Å²) in [5.74, 6) is 1.07. The number of nitrogens with one attached hydrogen (secondary N) is 2. The van der Waals surface area contributed by atoms with Crippen molar-refractivity contribution in [3.8, 4) is 11.5 Å². The number of rotatable bonds is 7. The number of hydrogen-bond donors (Lipinski definition) is 2. The number of nitrogens with zero attached hydrogens (tertiary/aromatic N) is 1. The summed E-state index contributed by atoms with van der Waals surface area (Å²) in [5.41, 5.74) is 1.91. The normalized spacial score (nSPS) is 12.0. The van der Waals surface area contributed by atoms with Crippen LogP contribution in [0.2, 0.25) is 0 Å². The summed E-state index contributed by atoms with van der Waals surface area (Å²) in [6, 6.07) is 7.04. The van der Waals surface area contributed by atoms with Crippen molar-refractivity contribution in [3.05, 3.63) is 42.2 Å². The molecule has 1 aromatic carbocycles. The largest absolute Gasteiger partial charge is 0.454 e. The Morgan fingerprint density at radius 2 is 2.08 bits per heavy atom. The Bertz CT molecular complexity index is 721. The maximum Gasteiger partial charge on any atom is 0.257 e. The van der Waals surface area contributed by atoms with E-state index in [4.69, 9.17) is 14.2 Å². The van der Waals surface area contributed by atoms with Gasteiger partial charge in [0, 0.05) is 44.4 Å². The summed E-state index contributed by atoms with van der Waals surface area (Å²) in [6.45, 7) is 1.64. The number of anilines is 2. The van der Waals surface area contributed by atoms with Crippen LogP contribution < -0.4 is 20.1 Å². The van der Waals surface area contributed by atoms with Crippen LogP contribution in [0.4, 0.5) is 11.4 Å². The van der Waals surface area contributed by atoms with E-state index in [0.29, 0.717) is 29.4 Å². The van der Waals surface area contributed by atoms with Gasteiger partial charge in [-0.1, -0.05) is 0 Å². The maximum absolute atomic E-state index is 12.4. The van der Waals surface area contributed by atoms with Crippen molar-refractivity contribution in [1.82, 2.24) is 4.98 Å². The Morgan fingerprint density at radius 3 is 2.96 bits per heavy atom. The van der Waals surface area contributed by atoms with Crippen molar-refractivity contribution in [2.45, 2.75) is 6.42 Å². The molecule has 0 aliphatic carbocycles. The van der Waals surface area contributed by atoms with Gasteiger partial charge >= 0.3 is 0 Å². The van der Waals surface area contributed by atoms with Gasteiger partial charge in [-0.15, -0.1) is 0 Å². The van der Waals surface area contributed by atoms with Crippen LogP contribution in [0.5, 0.6) is 11.5 Å². The van der Waals surface area contributed by atoms with E-state index in [1.54, 1.807) is 37.6 Å². The molecule has 0 atom stereocenters. The van der Waals surface area contributed by atoms with Crippen molar-refractivity contribution in [3.63, 3.8) is 0 Å². The molecule has 2 heterocycles. The number of amides is 1. The van der Waals surface area contributed by atoms with Gasteiger partial charge in [-0.3, -0.25) is 9.78 Å². The Labute approximate surface area is 139 Å². The highest BCUT2D eigenvalue weighted by Gasteiger charge is 2.15. The first-order valence-corrected chi connectivity index (χ1v) is 7.65. The Balaban J connectivity index is 1.62. The summed E-state index contributed by atoms with van der Waals surface area (Å²) >= 11 is 0. The molecule has 1 aliphatic heterocycles. The SMILES string of the molecule is COCCCNc1cncc(C(=O)Nc2ccc3c(c2)OCO3)c1. The van der Waals surface area contributed by atoms with Crippen molar-refractivity contribution >= 4 is 17.3 Å². The van der Waals surface area contributed by atoms with Crippen LogP contribution >= 0.6 is 0 Å². The molecule has 1 aromatic heterocycles. The molecule has 0 fully saturated rings. The van der Waals surface area contributed by atoms with Crippen LogP contribution in [0, 0.1) is 0 Å². The van der Waals surface area contributed by atoms with Gasteiger partial charge < -0.3 is 24.8 Å². The highest BCUT2D eigenvalue weighted by atomic mass is 16.7. The Kier molecular flexibility index (Phi) is 5.12. The molecule has 1 aliphatic rings. The second-order valence-corrected chi connectivity index (χ2v) is 5.26. The van der Waals surface area contributed by atoms with Gasteiger partial charge in [0.25, 0.3) is 5.91 Å².